The Balaban J connectivity index is 1.82. The van der Waals surface area contributed by atoms with E-state index in [1.807, 2.05) is 38.3 Å². The lowest BCUT2D eigenvalue weighted by Gasteiger charge is -2.33. The lowest BCUT2D eigenvalue weighted by molar-refractivity contribution is -0.144. The number of ether oxygens (including phenoxy) is 1. The molecule has 1 unspecified atom stereocenters. The topological polar surface area (TPSA) is 56.5 Å². The minimum Gasteiger partial charge on any atom is -0.430 e. The molecule has 4 rings (SSSR count). The third kappa shape index (κ3) is 2.77. The predicted octanol–water partition coefficient (Wildman–Crippen LogP) is 4.61. The summed E-state index contributed by atoms with van der Waals surface area (Å²) in [4.78, 5) is 21.6. The van der Waals surface area contributed by atoms with Crippen molar-refractivity contribution in [2.24, 2.45) is 10.4 Å². The average Bonchev–Trinajstić information content (AvgIpc) is 3.05. The molecule has 2 aromatic heterocycles. The summed E-state index contributed by atoms with van der Waals surface area (Å²) in [6, 6.07) is 7.18. The molecule has 0 amide bonds. The molecule has 0 saturated carbocycles. The number of aliphatic imine (C=N–C) groups is 1. The molecule has 1 aliphatic heterocycles. The first-order chi connectivity index (χ1) is 12.4. The Hall–Kier alpha value is -2.37. The number of aromatic nitrogens is 2. The van der Waals surface area contributed by atoms with Crippen LogP contribution < -0.4 is 0 Å². The number of pyridine rings is 1. The SMILES string of the molecule is CC1(C)C=C(Cl)C=C2C(=O)OC(c3cccn3-c3ncccc3Cl)N=C21. The average molecular weight is 388 g/mol. The zero-order valence-corrected chi connectivity index (χ0v) is 15.6. The van der Waals surface area contributed by atoms with Gasteiger partial charge in [-0.05, 0) is 30.3 Å². The van der Waals surface area contributed by atoms with Gasteiger partial charge in [0.15, 0.2) is 5.82 Å². The molecule has 2 aliphatic rings. The second kappa shape index (κ2) is 6.11. The number of fused-ring (bicyclic) bond motifs is 1. The third-order valence-corrected chi connectivity index (χ3v) is 4.85. The molecule has 0 saturated heterocycles. The van der Waals surface area contributed by atoms with Crippen molar-refractivity contribution in [2.75, 3.05) is 0 Å². The zero-order valence-electron chi connectivity index (χ0n) is 14.1. The van der Waals surface area contributed by atoms with E-state index in [1.165, 1.54) is 0 Å². The van der Waals surface area contributed by atoms with Crippen LogP contribution in [0.3, 0.4) is 0 Å². The van der Waals surface area contributed by atoms with Crippen molar-refractivity contribution in [1.82, 2.24) is 9.55 Å². The van der Waals surface area contributed by atoms with E-state index in [4.69, 9.17) is 32.9 Å². The Morgan fingerprint density at radius 1 is 1.23 bits per heavy atom. The van der Waals surface area contributed by atoms with Gasteiger partial charge in [-0.2, -0.15) is 0 Å². The van der Waals surface area contributed by atoms with Crippen molar-refractivity contribution in [1.29, 1.82) is 0 Å². The van der Waals surface area contributed by atoms with Crippen LogP contribution in [-0.4, -0.2) is 21.2 Å². The van der Waals surface area contributed by atoms with Crippen LogP contribution in [0, 0.1) is 5.41 Å². The molecule has 0 N–H and O–H groups in total. The quantitative estimate of drug-likeness (QED) is 0.706. The van der Waals surface area contributed by atoms with Gasteiger partial charge in [-0.15, -0.1) is 0 Å². The predicted molar refractivity (Wildman–Crippen MR) is 101 cm³/mol. The zero-order chi connectivity index (χ0) is 18.5. The minimum absolute atomic E-state index is 0.396. The van der Waals surface area contributed by atoms with Gasteiger partial charge in [0.25, 0.3) is 0 Å². The molecule has 0 radical (unpaired) electrons. The molecule has 0 bridgehead atoms. The maximum atomic E-state index is 12.6. The summed E-state index contributed by atoms with van der Waals surface area (Å²) in [5.41, 5.74) is 1.25. The van der Waals surface area contributed by atoms with Crippen molar-refractivity contribution in [2.45, 2.75) is 20.1 Å². The number of rotatable bonds is 2. The lowest BCUT2D eigenvalue weighted by atomic mass is 9.79. The van der Waals surface area contributed by atoms with Crippen LogP contribution in [0.2, 0.25) is 5.02 Å². The molecule has 1 aliphatic carbocycles. The molecule has 132 valence electrons. The highest BCUT2D eigenvalue weighted by Gasteiger charge is 2.39. The standard InChI is InChI=1S/C19H15Cl2N3O2/c1-19(2)10-11(20)9-12-15(19)23-17(26-18(12)25)14-6-4-8-24(14)16-13(21)5-3-7-22-16/h3-10,17H,1-2H3. The first kappa shape index (κ1) is 17.1. The van der Waals surface area contributed by atoms with Crippen molar-refractivity contribution in [3.8, 4) is 5.82 Å². The van der Waals surface area contributed by atoms with Gasteiger partial charge in [-0.3, -0.25) is 4.57 Å². The maximum Gasteiger partial charge on any atom is 0.342 e. The van der Waals surface area contributed by atoms with Crippen LogP contribution in [0.1, 0.15) is 25.8 Å². The van der Waals surface area contributed by atoms with Crippen molar-refractivity contribution in [3.63, 3.8) is 0 Å². The molecule has 2 aromatic rings. The van der Waals surface area contributed by atoms with Crippen molar-refractivity contribution < 1.29 is 9.53 Å². The van der Waals surface area contributed by atoms with E-state index in [9.17, 15) is 4.79 Å². The summed E-state index contributed by atoms with van der Waals surface area (Å²) in [6.07, 6.45) is 6.15. The Morgan fingerprint density at radius 3 is 2.81 bits per heavy atom. The monoisotopic (exact) mass is 387 g/mol. The number of allylic oxidation sites excluding steroid dienone is 3. The second-order valence-electron chi connectivity index (χ2n) is 6.66. The lowest BCUT2D eigenvalue weighted by Crippen LogP contribution is -2.36. The number of carbonyl (C=O) groups is 1. The summed E-state index contributed by atoms with van der Waals surface area (Å²) in [5.74, 6) is 0.108. The number of cyclic esters (lactones) is 1. The molecule has 3 heterocycles. The normalized spacial score (nSPS) is 21.3. The number of hydrogen-bond acceptors (Lipinski definition) is 4. The van der Waals surface area contributed by atoms with Gasteiger partial charge in [0.05, 0.1) is 22.0 Å². The van der Waals surface area contributed by atoms with Gasteiger partial charge in [0, 0.05) is 22.8 Å². The van der Waals surface area contributed by atoms with Crippen molar-refractivity contribution in [3.05, 3.63) is 70.1 Å². The summed E-state index contributed by atoms with van der Waals surface area (Å²) in [5, 5.41) is 0.996. The molecular weight excluding hydrogens is 373 g/mol. The summed E-state index contributed by atoms with van der Waals surface area (Å²) in [7, 11) is 0. The van der Waals surface area contributed by atoms with Gasteiger partial charge in [-0.1, -0.05) is 43.1 Å². The fraction of sp³-hybridized carbons (Fsp3) is 0.211. The van der Waals surface area contributed by atoms with E-state index in [0.717, 1.165) is 0 Å². The fourth-order valence-corrected chi connectivity index (χ4v) is 3.77. The summed E-state index contributed by atoms with van der Waals surface area (Å²) in [6.45, 7) is 3.93. The number of esters is 1. The van der Waals surface area contributed by atoms with Gasteiger partial charge >= 0.3 is 5.97 Å². The molecule has 26 heavy (non-hydrogen) atoms. The number of hydrogen-bond donors (Lipinski definition) is 0. The van der Waals surface area contributed by atoms with Gasteiger partial charge in [0.1, 0.15) is 0 Å². The highest BCUT2D eigenvalue weighted by molar-refractivity contribution is 6.35. The molecule has 0 aromatic carbocycles. The first-order valence-electron chi connectivity index (χ1n) is 8.04. The summed E-state index contributed by atoms with van der Waals surface area (Å²) < 4.78 is 7.35. The second-order valence-corrected chi connectivity index (χ2v) is 7.50. The van der Waals surface area contributed by atoms with Crippen LogP contribution >= 0.6 is 23.2 Å². The number of nitrogens with zero attached hydrogens (tertiary/aromatic N) is 3. The molecule has 5 nitrogen and oxygen atoms in total. The van der Waals surface area contributed by atoms with Crippen molar-refractivity contribution >= 4 is 34.9 Å². The number of carbonyl (C=O) groups excluding carboxylic acids is 1. The fourth-order valence-electron chi connectivity index (χ4n) is 3.18. The van der Waals surface area contributed by atoms with Crippen LogP contribution in [0.25, 0.3) is 5.82 Å². The molecule has 7 heteroatoms. The Kier molecular flexibility index (Phi) is 4.01. The third-order valence-electron chi connectivity index (χ3n) is 4.33. The van der Waals surface area contributed by atoms with E-state index < -0.39 is 17.6 Å². The molecule has 0 spiro atoms. The molecule has 1 atom stereocenters. The van der Waals surface area contributed by atoms with E-state index in [0.29, 0.717) is 32.9 Å². The molecular formula is C19H15Cl2N3O2. The van der Waals surface area contributed by atoms with Gasteiger partial charge in [0.2, 0.25) is 6.23 Å². The van der Waals surface area contributed by atoms with Gasteiger partial charge in [-0.25, -0.2) is 14.8 Å². The maximum absolute atomic E-state index is 12.6. The van der Waals surface area contributed by atoms with E-state index in [1.54, 1.807) is 29.0 Å². The number of halogens is 2. The van der Waals surface area contributed by atoms with Crippen LogP contribution in [0.4, 0.5) is 0 Å². The summed E-state index contributed by atoms with van der Waals surface area (Å²) >= 11 is 12.4. The van der Waals surface area contributed by atoms with Crippen LogP contribution in [-0.2, 0) is 9.53 Å². The Labute approximate surface area is 160 Å². The minimum atomic E-state index is -0.785. The van der Waals surface area contributed by atoms with Crippen LogP contribution in [0.5, 0.6) is 0 Å². The van der Waals surface area contributed by atoms with Gasteiger partial charge < -0.3 is 4.74 Å². The Morgan fingerprint density at radius 2 is 2.04 bits per heavy atom. The van der Waals surface area contributed by atoms with E-state index in [-0.39, 0.29) is 0 Å². The molecule has 0 fully saturated rings. The first-order valence-corrected chi connectivity index (χ1v) is 8.80. The smallest absolute Gasteiger partial charge is 0.342 e. The highest BCUT2D eigenvalue weighted by atomic mass is 35.5. The highest BCUT2D eigenvalue weighted by Crippen LogP contribution is 2.39. The van der Waals surface area contributed by atoms with E-state index >= 15 is 0 Å². The largest absolute Gasteiger partial charge is 0.430 e. The Bertz CT molecular complexity index is 1000. The van der Waals surface area contributed by atoms with Crippen LogP contribution in [0.15, 0.2) is 64.4 Å². The van der Waals surface area contributed by atoms with E-state index in [2.05, 4.69) is 4.98 Å².